The summed E-state index contributed by atoms with van der Waals surface area (Å²) in [5.74, 6) is 0.628. The summed E-state index contributed by atoms with van der Waals surface area (Å²) in [5.41, 5.74) is 6.09. The fraction of sp³-hybridized carbons (Fsp3) is 0.444. The minimum atomic E-state index is -0.297. The van der Waals surface area contributed by atoms with Crippen molar-refractivity contribution in [1.82, 2.24) is 19.7 Å². The normalized spacial score (nSPS) is 18.1. The molecule has 1 aliphatic heterocycles. The van der Waals surface area contributed by atoms with Crippen molar-refractivity contribution in [3.8, 4) is 5.69 Å². The van der Waals surface area contributed by atoms with Gasteiger partial charge >= 0.3 is 0 Å². The predicted molar refractivity (Wildman–Crippen MR) is 96.2 cm³/mol. The molecule has 0 radical (unpaired) electrons. The third kappa shape index (κ3) is 3.19. The molecule has 0 atom stereocenters. The predicted octanol–water partition coefficient (Wildman–Crippen LogP) is 2.14. The number of hydrogen-bond donors (Lipinski definition) is 1. The lowest BCUT2D eigenvalue weighted by Gasteiger charge is -2.29. The molecule has 1 aromatic carbocycles. The fourth-order valence-electron chi connectivity index (χ4n) is 3.33. The van der Waals surface area contributed by atoms with Gasteiger partial charge in [0.05, 0.1) is 10.7 Å². The zero-order chi connectivity index (χ0) is 18.3. The Morgan fingerprint density at radius 1 is 1.12 bits per heavy atom. The van der Waals surface area contributed by atoms with Gasteiger partial charge < -0.3 is 10.6 Å². The summed E-state index contributed by atoms with van der Waals surface area (Å²) in [6.07, 6.45) is 3.26. The van der Waals surface area contributed by atoms with Crippen molar-refractivity contribution >= 4 is 23.4 Å². The summed E-state index contributed by atoms with van der Waals surface area (Å²) in [4.78, 5) is 30.4. The Morgan fingerprint density at radius 2 is 1.81 bits per heavy atom. The van der Waals surface area contributed by atoms with Crippen LogP contribution in [0.15, 0.2) is 24.3 Å². The number of hydrogen-bond acceptors (Lipinski definition) is 4. The Morgan fingerprint density at radius 3 is 2.42 bits per heavy atom. The van der Waals surface area contributed by atoms with Crippen LogP contribution < -0.4 is 5.73 Å². The smallest absolute Gasteiger partial charge is 0.293 e. The lowest BCUT2D eigenvalue weighted by atomic mass is 9.96. The molecular weight excluding hydrogens is 354 g/mol. The number of aromatic nitrogens is 3. The number of benzene rings is 1. The van der Waals surface area contributed by atoms with Gasteiger partial charge in [-0.1, -0.05) is 23.7 Å². The molecule has 2 fully saturated rings. The summed E-state index contributed by atoms with van der Waals surface area (Å²) < 4.78 is 1.70. The minimum absolute atomic E-state index is 0.158. The molecule has 2 aliphatic rings. The van der Waals surface area contributed by atoms with Gasteiger partial charge in [-0.05, 0) is 37.8 Å². The molecule has 7 nitrogen and oxygen atoms in total. The van der Waals surface area contributed by atoms with E-state index in [0.717, 1.165) is 24.4 Å². The molecule has 1 aromatic heterocycles. The summed E-state index contributed by atoms with van der Waals surface area (Å²) in [6, 6.07) is 7.41. The molecule has 0 spiro atoms. The molecule has 0 bridgehead atoms. The van der Waals surface area contributed by atoms with Gasteiger partial charge in [-0.15, -0.1) is 5.10 Å². The maximum Gasteiger partial charge on any atom is 0.293 e. The highest BCUT2D eigenvalue weighted by atomic mass is 35.5. The lowest BCUT2D eigenvalue weighted by Crippen LogP contribution is -2.42. The highest BCUT2D eigenvalue weighted by Crippen LogP contribution is 2.40. The van der Waals surface area contributed by atoms with Crippen LogP contribution in [-0.4, -0.2) is 44.6 Å². The Hall–Kier alpha value is -2.41. The minimum Gasteiger partial charge on any atom is -0.369 e. The number of likely N-dealkylation sites (tertiary alicyclic amines) is 1. The summed E-state index contributed by atoms with van der Waals surface area (Å²) in [6.45, 7) is 0.984. The zero-order valence-corrected chi connectivity index (χ0v) is 15.0. The van der Waals surface area contributed by atoms with Gasteiger partial charge in [-0.2, -0.15) is 0 Å². The van der Waals surface area contributed by atoms with Crippen molar-refractivity contribution in [2.75, 3.05) is 13.1 Å². The number of nitrogens with zero attached hydrogens (tertiary/aromatic N) is 4. The van der Waals surface area contributed by atoms with Crippen LogP contribution in [0.2, 0.25) is 5.02 Å². The van der Waals surface area contributed by atoms with Crippen LogP contribution in [0, 0.1) is 5.92 Å². The van der Waals surface area contributed by atoms with Crippen LogP contribution in [0.25, 0.3) is 5.69 Å². The number of amides is 2. The van der Waals surface area contributed by atoms with Crippen molar-refractivity contribution in [1.29, 1.82) is 0 Å². The average molecular weight is 374 g/mol. The van der Waals surface area contributed by atoms with E-state index < -0.39 is 0 Å². The largest absolute Gasteiger partial charge is 0.369 e. The van der Waals surface area contributed by atoms with E-state index in [1.54, 1.807) is 15.6 Å². The third-order valence-electron chi connectivity index (χ3n) is 5.03. The van der Waals surface area contributed by atoms with E-state index in [2.05, 4.69) is 10.1 Å². The van der Waals surface area contributed by atoms with Crippen molar-refractivity contribution < 1.29 is 9.59 Å². The summed E-state index contributed by atoms with van der Waals surface area (Å²) >= 11 is 6.31. The number of rotatable bonds is 4. The maximum absolute atomic E-state index is 12.8. The van der Waals surface area contributed by atoms with Crippen LogP contribution in [0.1, 0.15) is 48.0 Å². The Labute approximate surface area is 156 Å². The monoisotopic (exact) mass is 373 g/mol. The summed E-state index contributed by atoms with van der Waals surface area (Å²) in [5, 5.41) is 5.04. The second-order valence-electron chi connectivity index (χ2n) is 6.90. The van der Waals surface area contributed by atoms with E-state index in [1.807, 2.05) is 18.2 Å². The van der Waals surface area contributed by atoms with Gasteiger partial charge in [-0.25, -0.2) is 9.67 Å². The number of carbonyl (C=O) groups excluding carboxylic acids is 2. The van der Waals surface area contributed by atoms with Gasteiger partial charge in [0.25, 0.3) is 5.91 Å². The summed E-state index contributed by atoms with van der Waals surface area (Å²) in [7, 11) is 0. The highest BCUT2D eigenvalue weighted by Gasteiger charge is 2.34. The fourth-order valence-corrected chi connectivity index (χ4v) is 3.55. The van der Waals surface area contributed by atoms with Crippen LogP contribution >= 0.6 is 11.6 Å². The Balaban J connectivity index is 1.60. The average Bonchev–Trinajstić information content (AvgIpc) is 3.40. The first-order valence-corrected chi connectivity index (χ1v) is 9.23. The zero-order valence-electron chi connectivity index (χ0n) is 14.3. The molecule has 4 rings (SSSR count). The second kappa shape index (κ2) is 6.72. The molecule has 1 saturated carbocycles. The molecule has 0 unspecified atom stereocenters. The molecule has 2 amide bonds. The SMILES string of the molecule is NC(=O)C1CCN(C(=O)c2nc(C3CC3)n(-c3ccccc3Cl)n2)CC1. The van der Waals surface area contributed by atoms with Crippen LogP contribution in [0.5, 0.6) is 0 Å². The van der Waals surface area contributed by atoms with Crippen LogP contribution in [-0.2, 0) is 4.79 Å². The number of piperidine rings is 1. The molecule has 2 heterocycles. The van der Waals surface area contributed by atoms with Gasteiger partial charge in [0.15, 0.2) is 0 Å². The number of nitrogens with two attached hydrogens (primary N) is 1. The van der Waals surface area contributed by atoms with Crippen molar-refractivity contribution in [3.05, 3.63) is 40.9 Å². The maximum atomic E-state index is 12.8. The van der Waals surface area contributed by atoms with Gasteiger partial charge in [0.1, 0.15) is 5.82 Å². The molecule has 1 aliphatic carbocycles. The molecule has 1 saturated heterocycles. The van der Waals surface area contributed by atoms with E-state index in [4.69, 9.17) is 17.3 Å². The van der Waals surface area contributed by atoms with Gasteiger partial charge in [0, 0.05) is 24.9 Å². The first kappa shape index (κ1) is 17.0. The Kier molecular flexibility index (Phi) is 4.40. The first-order chi connectivity index (χ1) is 12.5. The standard InChI is InChI=1S/C18H20ClN5O2/c19-13-3-1-2-4-14(13)24-17(12-5-6-12)21-16(22-24)18(26)23-9-7-11(8-10-23)15(20)25/h1-4,11-12H,5-10H2,(H2,20,25). The van der Waals surface area contributed by atoms with Crippen LogP contribution in [0.4, 0.5) is 0 Å². The highest BCUT2D eigenvalue weighted by molar-refractivity contribution is 6.32. The molecule has 136 valence electrons. The Bertz CT molecular complexity index is 853. The second-order valence-corrected chi connectivity index (χ2v) is 7.31. The van der Waals surface area contributed by atoms with Crippen molar-refractivity contribution in [2.45, 2.75) is 31.6 Å². The number of primary amides is 1. The number of halogens is 1. The van der Waals surface area contributed by atoms with Gasteiger partial charge in [0.2, 0.25) is 11.7 Å². The quantitative estimate of drug-likeness (QED) is 0.888. The van der Waals surface area contributed by atoms with E-state index in [0.29, 0.717) is 36.9 Å². The molecule has 2 N–H and O–H groups in total. The molecule has 26 heavy (non-hydrogen) atoms. The van der Waals surface area contributed by atoms with E-state index >= 15 is 0 Å². The number of carbonyl (C=O) groups is 2. The molecular formula is C18H20ClN5O2. The molecule has 8 heteroatoms. The topological polar surface area (TPSA) is 94.1 Å². The first-order valence-electron chi connectivity index (χ1n) is 8.85. The van der Waals surface area contributed by atoms with Gasteiger partial charge in [-0.3, -0.25) is 9.59 Å². The third-order valence-corrected chi connectivity index (χ3v) is 5.35. The number of para-hydroxylation sites is 1. The van der Waals surface area contributed by atoms with E-state index in [-0.39, 0.29) is 23.6 Å². The molecule has 2 aromatic rings. The van der Waals surface area contributed by atoms with E-state index in [9.17, 15) is 9.59 Å². The lowest BCUT2D eigenvalue weighted by molar-refractivity contribution is -0.123. The van der Waals surface area contributed by atoms with E-state index in [1.165, 1.54) is 0 Å². The van der Waals surface area contributed by atoms with Crippen molar-refractivity contribution in [2.24, 2.45) is 11.7 Å². The van der Waals surface area contributed by atoms with Crippen molar-refractivity contribution in [3.63, 3.8) is 0 Å². The van der Waals surface area contributed by atoms with Crippen LogP contribution in [0.3, 0.4) is 0 Å².